The third kappa shape index (κ3) is 3.83. The molecule has 1 unspecified atom stereocenters. The smallest absolute Gasteiger partial charge is 0.327 e. The van der Waals surface area contributed by atoms with Gasteiger partial charge >= 0.3 is 5.69 Å². The zero-order valence-corrected chi connectivity index (χ0v) is 19.7. The van der Waals surface area contributed by atoms with Gasteiger partial charge in [0.2, 0.25) is 0 Å². The molecule has 1 amide bonds. The van der Waals surface area contributed by atoms with Gasteiger partial charge in [0.15, 0.2) is 5.65 Å². The largest absolute Gasteiger partial charge is 0.396 e. The molecule has 1 atom stereocenters. The fourth-order valence-electron chi connectivity index (χ4n) is 5.54. The molecule has 4 aromatic rings. The first-order valence-electron chi connectivity index (χ1n) is 12.3. The second kappa shape index (κ2) is 9.19. The summed E-state index contributed by atoms with van der Waals surface area (Å²) in [5.41, 5.74) is 3.59. The molecule has 0 saturated carbocycles. The first-order chi connectivity index (χ1) is 17.6. The number of para-hydroxylation sites is 1. The lowest BCUT2D eigenvalue weighted by Crippen LogP contribution is -2.37. The number of carbonyl (C=O) groups excluding carboxylic acids is 1. The zero-order chi connectivity index (χ0) is 24.6. The first kappa shape index (κ1) is 22.4. The number of aromatic nitrogens is 5. The number of nitrogens with zero attached hydrogens (tertiary/aromatic N) is 6. The minimum Gasteiger partial charge on any atom is -0.396 e. The minimum absolute atomic E-state index is 0.0687. The van der Waals surface area contributed by atoms with Crippen LogP contribution in [0.25, 0.3) is 11.2 Å². The van der Waals surface area contributed by atoms with Gasteiger partial charge in [0.25, 0.3) is 5.91 Å². The van der Waals surface area contributed by atoms with Crippen LogP contribution < -0.4 is 15.5 Å². The van der Waals surface area contributed by atoms with Crippen molar-refractivity contribution in [3.8, 4) is 0 Å². The van der Waals surface area contributed by atoms with Crippen molar-refractivity contribution in [1.82, 2.24) is 24.5 Å². The number of hydrogen-bond acceptors (Lipinski definition) is 7. The third-order valence-corrected chi connectivity index (χ3v) is 7.31. The van der Waals surface area contributed by atoms with Crippen molar-refractivity contribution in [3.05, 3.63) is 76.7 Å². The van der Waals surface area contributed by atoms with E-state index in [-0.39, 0.29) is 30.2 Å². The summed E-state index contributed by atoms with van der Waals surface area (Å²) in [6.07, 6.45) is 5.28. The number of aliphatic hydroxyl groups excluding tert-OH is 1. The average Bonchev–Trinajstić information content (AvgIpc) is 3.46. The Morgan fingerprint density at radius 2 is 1.92 bits per heavy atom. The van der Waals surface area contributed by atoms with E-state index in [1.165, 1.54) is 6.33 Å². The van der Waals surface area contributed by atoms with Gasteiger partial charge in [-0.2, -0.15) is 0 Å². The van der Waals surface area contributed by atoms with E-state index in [1.54, 1.807) is 17.2 Å². The summed E-state index contributed by atoms with van der Waals surface area (Å²) in [5, 5.41) is 9.47. The monoisotopic (exact) mass is 485 g/mol. The number of piperidine rings is 1. The summed E-state index contributed by atoms with van der Waals surface area (Å²) in [4.78, 5) is 45.8. The number of aliphatic hydroxyl groups is 1. The van der Waals surface area contributed by atoms with Gasteiger partial charge in [0.05, 0.1) is 5.52 Å². The normalized spacial score (nSPS) is 18.1. The lowest BCUT2D eigenvalue weighted by molar-refractivity contribution is 0.0982. The predicted octanol–water partition coefficient (Wildman–Crippen LogP) is 2.48. The number of benzene rings is 1. The van der Waals surface area contributed by atoms with Crippen LogP contribution >= 0.6 is 0 Å². The quantitative estimate of drug-likeness (QED) is 0.446. The molecular formula is C26H27N7O3. The van der Waals surface area contributed by atoms with Gasteiger partial charge in [-0.1, -0.05) is 18.2 Å². The molecule has 0 bridgehead atoms. The van der Waals surface area contributed by atoms with E-state index in [9.17, 15) is 14.7 Å². The molecule has 0 aliphatic carbocycles. The highest BCUT2D eigenvalue weighted by Gasteiger charge is 2.33. The number of fused-ring (bicyclic) bond motifs is 2. The molecule has 2 aliphatic heterocycles. The molecular weight excluding hydrogens is 458 g/mol. The number of amides is 1. The second-order valence-electron chi connectivity index (χ2n) is 9.33. The summed E-state index contributed by atoms with van der Waals surface area (Å²) in [5.74, 6) is 0.650. The molecule has 184 valence electrons. The number of pyridine rings is 1. The Kier molecular flexibility index (Phi) is 5.73. The van der Waals surface area contributed by atoms with Crippen molar-refractivity contribution in [2.75, 3.05) is 36.0 Å². The number of carbonyl (C=O) groups is 1. The number of H-pyrrole nitrogens is 1. The number of aromatic amines is 1. The number of imidazole rings is 1. The topological polar surface area (TPSA) is 120 Å². The maximum atomic E-state index is 13.5. The molecule has 1 aromatic carbocycles. The predicted molar refractivity (Wildman–Crippen MR) is 135 cm³/mol. The fourth-order valence-corrected chi connectivity index (χ4v) is 5.54. The first-order valence-corrected chi connectivity index (χ1v) is 12.3. The Bertz CT molecular complexity index is 1470. The molecule has 36 heavy (non-hydrogen) atoms. The van der Waals surface area contributed by atoms with E-state index in [0.717, 1.165) is 29.6 Å². The van der Waals surface area contributed by atoms with Crippen molar-refractivity contribution in [1.29, 1.82) is 0 Å². The molecule has 10 heteroatoms. The molecule has 6 rings (SSSR count). The summed E-state index contributed by atoms with van der Waals surface area (Å²) >= 11 is 0. The molecule has 3 aromatic heterocycles. The maximum absolute atomic E-state index is 13.5. The number of nitrogens with one attached hydrogen (secondary N) is 1. The second-order valence-corrected chi connectivity index (χ2v) is 9.33. The highest BCUT2D eigenvalue weighted by atomic mass is 16.3. The standard InChI is InChI=1S/C26H27N7O3/c34-13-9-17-15-32(21-5-2-1-4-19(17)21)25(35)20-14-23(29-16-28-20)31-11-7-18(8-12-31)33-22-6-3-10-27-24(22)30-26(33)36/h1-6,10,14,16-18,34H,7-9,11-13,15H2,(H,27,30,36). The molecule has 5 heterocycles. The molecule has 1 saturated heterocycles. The Morgan fingerprint density at radius 1 is 1.08 bits per heavy atom. The lowest BCUT2D eigenvalue weighted by atomic mass is 9.99. The Morgan fingerprint density at radius 3 is 2.75 bits per heavy atom. The van der Waals surface area contributed by atoms with Gasteiger partial charge in [-0.3, -0.25) is 14.3 Å². The van der Waals surface area contributed by atoms with Gasteiger partial charge in [-0.25, -0.2) is 19.7 Å². The van der Waals surface area contributed by atoms with Crippen LogP contribution in [0.15, 0.2) is 59.8 Å². The van der Waals surface area contributed by atoms with Gasteiger partial charge in [0.1, 0.15) is 17.8 Å². The molecule has 2 aliphatic rings. The Labute approximate surface area is 207 Å². The van der Waals surface area contributed by atoms with Crippen molar-refractivity contribution >= 4 is 28.6 Å². The molecule has 2 N–H and O–H groups in total. The zero-order valence-electron chi connectivity index (χ0n) is 19.7. The van der Waals surface area contributed by atoms with E-state index in [1.807, 2.05) is 41.0 Å². The van der Waals surface area contributed by atoms with Crippen molar-refractivity contribution in [2.45, 2.75) is 31.2 Å². The number of hydrogen-bond donors (Lipinski definition) is 2. The maximum Gasteiger partial charge on any atom is 0.327 e. The van der Waals surface area contributed by atoms with Crippen LogP contribution in [0, 0.1) is 0 Å². The summed E-state index contributed by atoms with van der Waals surface area (Å²) in [7, 11) is 0. The van der Waals surface area contributed by atoms with Crippen molar-refractivity contribution in [2.24, 2.45) is 0 Å². The van der Waals surface area contributed by atoms with Gasteiger partial charge in [-0.15, -0.1) is 0 Å². The minimum atomic E-state index is -0.167. The van der Waals surface area contributed by atoms with E-state index in [0.29, 0.717) is 43.2 Å². The summed E-state index contributed by atoms with van der Waals surface area (Å²) in [6, 6.07) is 13.4. The van der Waals surface area contributed by atoms with Crippen molar-refractivity contribution in [3.63, 3.8) is 0 Å². The van der Waals surface area contributed by atoms with Crippen LogP contribution in [0.3, 0.4) is 0 Å². The Balaban J connectivity index is 1.19. The number of rotatable bonds is 5. The third-order valence-electron chi connectivity index (χ3n) is 7.31. The van der Waals surface area contributed by atoms with Gasteiger partial charge in [0, 0.05) is 56.2 Å². The van der Waals surface area contributed by atoms with Crippen LogP contribution in [0.1, 0.15) is 47.3 Å². The van der Waals surface area contributed by atoms with E-state index in [4.69, 9.17) is 0 Å². The van der Waals surface area contributed by atoms with E-state index < -0.39 is 0 Å². The molecule has 1 fully saturated rings. The van der Waals surface area contributed by atoms with Crippen LogP contribution in [-0.4, -0.2) is 61.8 Å². The van der Waals surface area contributed by atoms with Gasteiger partial charge in [-0.05, 0) is 43.0 Å². The van der Waals surface area contributed by atoms with Crippen LogP contribution in [0.2, 0.25) is 0 Å². The van der Waals surface area contributed by atoms with Crippen LogP contribution in [-0.2, 0) is 0 Å². The molecule has 0 radical (unpaired) electrons. The van der Waals surface area contributed by atoms with Crippen LogP contribution in [0.4, 0.5) is 11.5 Å². The molecule has 10 nitrogen and oxygen atoms in total. The van der Waals surface area contributed by atoms with Gasteiger partial charge < -0.3 is 14.9 Å². The lowest BCUT2D eigenvalue weighted by Gasteiger charge is -2.33. The summed E-state index contributed by atoms with van der Waals surface area (Å²) in [6.45, 7) is 2.02. The highest BCUT2D eigenvalue weighted by molar-refractivity contribution is 6.06. The van der Waals surface area contributed by atoms with Crippen molar-refractivity contribution < 1.29 is 9.90 Å². The summed E-state index contributed by atoms with van der Waals surface area (Å²) < 4.78 is 1.81. The fraction of sp³-hybridized carbons (Fsp3) is 0.346. The van der Waals surface area contributed by atoms with Crippen LogP contribution in [0.5, 0.6) is 0 Å². The highest BCUT2D eigenvalue weighted by Crippen LogP contribution is 2.38. The van der Waals surface area contributed by atoms with E-state index >= 15 is 0 Å². The van der Waals surface area contributed by atoms with E-state index in [2.05, 4.69) is 24.8 Å². The SMILES string of the molecule is O=C(c1cc(N2CCC(n3c(=O)[nH]c4ncccc43)CC2)ncn1)N1CC(CCO)c2ccccc21. The number of anilines is 2. The average molecular weight is 486 g/mol. The molecule has 0 spiro atoms. The Hall–Kier alpha value is -4.05.